The first-order chi connectivity index (χ1) is 6.49. The number of esters is 1. The van der Waals surface area contributed by atoms with Crippen molar-refractivity contribution in [2.45, 2.75) is 12.3 Å². The maximum atomic E-state index is 11.1. The van der Waals surface area contributed by atoms with E-state index < -0.39 is 11.3 Å². The van der Waals surface area contributed by atoms with Crippen LogP contribution >= 0.6 is 35.8 Å². The molecule has 0 fully saturated rings. The van der Waals surface area contributed by atoms with Gasteiger partial charge in [0.1, 0.15) is 0 Å². The lowest BCUT2D eigenvalue weighted by atomic mass is 10.3. The van der Waals surface area contributed by atoms with E-state index in [2.05, 4.69) is 28.3 Å². The molecule has 1 atom stereocenters. The Morgan fingerprint density at radius 3 is 2.86 bits per heavy atom. The fraction of sp³-hybridized carbons (Fsp3) is 0.429. The molecule has 80 valence electrons. The van der Waals surface area contributed by atoms with Gasteiger partial charge in [0, 0.05) is 17.6 Å². The van der Waals surface area contributed by atoms with E-state index >= 15 is 0 Å². The van der Waals surface area contributed by atoms with Crippen molar-refractivity contribution in [3.63, 3.8) is 0 Å². The molecule has 7 heteroatoms. The zero-order chi connectivity index (χ0) is 11.1. The number of thiocarbonyl (C=S) groups is 1. The number of hydrogen-bond acceptors (Lipinski definition) is 5. The van der Waals surface area contributed by atoms with Gasteiger partial charge < -0.3 is 15.2 Å². The highest BCUT2D eigenvalue weighted by molar-refractivity contribution is 8.21. The van der Waals surface area contributed by atoms with Crippen LogP contribution in [0.4, 0.5) is 0 Å². The molecule has 4 nitrogen and oxygen atoms in total. The number of halogens is 1. The minimum absolute atomic E-state index is 0.193. The second-order valence-corrected chi connectivity index (χ2v) is 4.15. The Bertz CT molecular complexity index is 248. The van der Waals surface area contributed by atoms with Crippen molar-refractivity contribution in [1.29, 1.82) is 0 Å². The summed E-state index contributed by atoms with van der Waals surface area (Å²) >= 11 is 11.3. The number of carbonyl (C=O) groups excluding carboxylic acids is 1. The van der Waals surface area contributed by atoms with Gasteiger partial charge >= 0.3 is 5.97 Å². The Morgan fingerprint density at radius 2 is 2.43 bits per heavy atom. The van der Waals surface area contributed by atoms with Crippen LogP contribution < -0.4 is 10.5 Å². The van der Waals surface area contributed by atoms with Crippen molar-refractivity contribution < 1.29 is 9.53 Å². The number of nitrogens with two attached hydrogens (primary N) is 1. The molecule has 0 unspecified atom stereocenters. The molecule has 0 bridgehead atoms. The number of hydrogen-bond donors (Lipinski definition) is 2. The molecule has 14 heavy (non-hydrogen) atoms. The Morgan fingerprint density at radius 1 is 1.86 bits per heavy atom. The third-order valence-corrected chi connectivity index (χ3v) is 2.34. The summed E-state index contributed by atoms with van der Waals surface area (Å²) < 4.78 is 7.52. The molecule has 3 N–H and O–H groups in total. The van der Waals surface area contributed by atoms with Gasteiger partial charge in [-0.25, -0.2) is 0 Å². The van der Waals surface area contributed by atoms with E-state index in [4.69, 9.17) is 17.3 Å². The predicted molar refractivity (Wildman–Crippen MR) is 62.9 cm³/mol. The number of carbonyl (C=O) groups is 1. The average molecular weight is 255 g/mol. The molecule has 0 aliphatic heterocycles. The fourth-order valence-electron chi connectivity index (χ4n) is 0.525. The van der Waals surface area contributed by atoms with Crippen molar-refractivity contribution in [2.24, 2.45) is 5.73 Å². The van der Waals surface area contributed by atoms with Crippen LogP contribution in [0.15, 0.2) is 12.3 Å². The van der Waals surface area contributed by atoms with E-state index in [0.717, 1.165) is 11.9 Å². The molecule has 0 aromatic rings. The largest absolute Gasteiger partial charge is 0.465 e. The molecule has 0 aromatic heterocycles. The Kier molecular flexibility index (Phi) is 6.69. The van der Waals surface area contributed by atoms with Crippen LogP contribution in [0.25, 0.3) is 0 Å². The monoisotopic (exact) mass is 254 g/mol. The van der Waals surface area contributed by atoms with E-state index in [9.17, 15) is 4.79 Å². The lowest BCUT2D eigenvalue weighted by Crippen LogP contribution is -2.26. The highest BCUT2D eigenvalue weighted by Crippen LogP contribution is 2.10. The third-order valence-electron chi connectivity index (χ3n) is 1.08. The number of nitrogens with one attached hydrogen (secondary N) is 1. The van der Waals surface area contributed by atoms with Crippen LogP contribution in [-0.4, -0.2) is 22.3 Å². The Labute approximate surface area is 97.3 Å². The van der Waals surface area contributed by atoms with Gasteiger partial charge in [-0.3, -0.25) is 4.79 Å². The van der Waals surface area contributed by atoms with Crippen LogP contribution in [0, 0.1) is 0 Å². The second-order valence-electron chi connectivity index (χ2n) is 2.16. The molecule has 0 rings (SSSR count). The van der Waals surface area contributed by atoms with Crippen LogP contribution in [0.1, 0.15) is 6.92 Å². The maximum Gasteiger partial charge on any atom is 0.330 e. The molecule has 0 aliphatic carbocycles. The van der Waals surface area contributed by atoms with Crippen molar-refractivity contribution in [3.8, 4) is 0 Å². The highest BCUT2D eigenvalue weighted by Gasteiger charge is 2.19. The topological polar surface area (TPSA) is 64.3 Å². The molecule has 0 saturated carbocycles. The predicted octanol–water partition coefficient (Wildman–Crippen LogP) is 1.15. The van der Waals surface area contributed by atoms with E-state index in [1.165, 1.54) is 0 Å². The molecule has 0 aromatic carbocycles. The standard InChI is InChI=1S/C7H11ClN2O2S2/c1-3-12-6(11)5(8)4(2)10-14-7(9)13/h5,10H,2-3H2,1H3,(H2,9,13)/t5-/m1/s1. The molecular formula is C7H11ClN2O2S2. The lowest BCUT2D eigenvalue weighted by molar-refractivity contribution is -0.141. The van der Waals surface area contributed by atoms with Crippen molar-refractivity contribution >= 4 is 46.1 Å². The first-order valence-electron chi connectivity index (χ1n) is 3.70. The smallest absolute Gasteiger partial charge is 0.330 e. The van der Waals surface area contributed by atoms with Gasteiger partial charge in [0.05, 0.1) is 6.61 Å². The molecule has 0 radical (unpaired) electrons. The van der Waals surface area contributed by atoms with Crippen LogP contribution in [0.2, 0.25) is 0 Å². The van der Waals surface area contributed by atoms with E-state index in [-0.39, 0.29) is 10.9 Å². The quantitative estimate of drug-likeness (QED) is 0.332. The molecular weight excluding hydrogens is 244 g/mol. The summed E-state index contributed by atoms with van der Waals surface area (Å²) in [5.74, 6) is -0.546. The zero-order valence-electron chi connectivity index (χ0n) is 7.58. The van der Waals surface area contributed by atoms with Gasteiger partial charge in [0.15, 0.2) is 9.70 Å². The summed E-state index contributed by atoms with van der Waals surface area (Å²) in [5, 5.41) is -0.934. The van der Waals surface area contributed by atoms with Gasteiger partial charge in [0.25, 0.3) is 0 Å². The minimum atomic E-state index is -0.934. The van der Waals surface area contributed by atoms with Gasteiger partial charge in [-0.15, -0.1) is 11.6 Å². The van der Waals surface area contributed by atoms with E-state index in [0.29, 0.717) is 5.70 Å². The number of ether oxygens (including phenoxy) is 1. The van der Waals surface area contributed by atoms with Gasteiger partial charge in [-0.1, -0.05) is 18.8 Å². The Hall–Kier alpha value is -0.460. The van der Waals surface area contributed by atoms with Gasteiger partial charge in [-0.05, 0) is 6.92 Å². The lowest BCUT2D eigenvalue weighted by Gasteiger charge is -2.12. The molecule has 0 saturated heterocycles. The average Bonchev–Trinajstić information content (AvgIpc) is 2.13. The SMILES string of the molecule is C=C(NSC(N)=S)[C@@H](Cl)C(=O)OCC. The Balaban J connectivity index is 3.98. The van der Waals surface area contributed by atoms with Crippen molar-refractivity contribution in [3.05, 3.63) is 12.3 Å². The summed E-state index contributed by atoms with van der Waals surface area (Å²) in [5.41, 5.74) is 5.50. The molecule has 0 amide bonds. The summed E-state index contributed by atoms with van der Waals surface area (Å²) in [6, 6.07) is 0. The number of rotatable bonds is 5. The van der Waals surface area contributed by atoms with Crippen LogP contribution in [-0.2, 0) is 9.53 Å². The number of alkyl halides is 1. The van der Waals surface area contributed by atoms with Crippen LogP contribution in [0.3, 0.4) is 0 Å². The zero-order valence-corrected chi connectivity index (χ0v) is 9.97. The maximum absolute atomic E-state index is 11.1. The van der Waals surface area contributed by atoms with E-state index in [1.807, 2.05) is 0 Å². The van der Waals surface area contributed by atoms with Gasteiger partial charge in [0.2, 0.25) is 0 Å². The molecule has 0 spiro atoms. The summed E-state index contributed by atoms with van der Waals surface area (Å²) in [4.78, 5) is 11.1. The molecule has 0 heterocycles. The summed E-state index contributed by atoms with van der Waals surface area (Å²) in [6.45, 7) is 5.52. The van der Waals surface area contributed by atoms with Crippen LogP contribution in [0.5, 0.6) is 0 Å². The first-order valence-corrected chi connectivity index (χ1v) is 5.37. The minimum Gasteiger partial charge on any atom is -0.465 e. The van der Waals surface area contributed by atoms with Crippen molar-refractivity contribution in [2.75, 3.05) is 6.61 Å². The highest BCUT2D eigenvalue weighted by atomic mass is 35.5. The summed E-state index contributed by atoms with van der Waals surface area (Å²) in [6.07, 6.45) is 0. The van der Waals surface area contributed by atoms with Gasteiger partial charge in [-0.2, -0.15) is 0 Å². The van der Waals surface area contributed by atoms with Crippen molar-refractivity contribution in [1.82, 2.24) is 4.72 Å². The fourth-order valence-corrected chi connectivity index (χ4v) is 1.18. The first kappa shape index (κ1) is 13.5. The third kappa shape index (κ3) is 5.31. The van der Waals surface area contributed by atoms with E-state index in [1.54, 1.807) is 6.92 Å². The molecule has 0 aliphatic rings. The second kappa shape index (κ2) is 6.92. The normalized spacial score (nSPS) is 11.6. The summed E-state index contributed by atoms with van der Waals surface area (Å²) in [7, 11) is 0.